The van der Waals surface area contributed by atoms with Crippen LogP contribution in [-0.2, 0) is 10.9 Å². The topological polar surface area (TPSA) is 117 Å². The van der Waals surface area contributed by atoms with Crippen LogP contribution in [0, 0.1) is 0 Å². The van der Waals surface area contributed by atoms with Crippen molar-refractivity contribution in [3.63, 3.8) is 0 Å². The number of pyridine rings is 1. The number of carbonyl (C=O) groups is 2. The van der Waals surface area contributed by atoms with Crippen LogP contribution in [0.3, 0.4) is 0 Å². The molecule has 3 N–H and O–H groups in total. The third-order valence-corrected chi connectivity index (χ3v) is 8.61. The largest absolute Gasteiger partial charge is 0.417 e. The van der Waals surface area contributed by atoms with Crippen LogP contribution < -0.4 is 10.6 Å². The summed E-state index contributed by atoms with van der Waals surface area (Å²) in [5.74, 6) is -5.04. The van der Waals surface area contributed by atoms with Crippen molar-refractivity contribution >= 4 is 29.0 Å². The number of aromatic nitrogens is 2. The van der Waals surface area contributed by atoms with Gasteiger partial charge in [0.1, 0.15) is 11.5 Å². The minimum atomic E-state index is -4.87. The molecule has 4 heterocycles. The molecule has 2 aromatic heterocycles. The number of alkyl halides is 5. The molecule has 3 aliphatic rings. The van der Waals surface area contributed by atoms with Crippen molar-refractivity contribution in [2.24, 2.45) is 0 Å². The molecule has 1 saturated carbocycles. The fraction of sp³-hybridized carbons (Fsp3) is 0.600. The van der Waals surface area contributed by atoms with Crippen molar-refractivity contribution in [1.82, 2.24) is 20.2 Å². The SMILES string of the molecule is C[C@H]1CC(F)(F)CN1C(=O)c1nc(C(=O)N[C@@H]2COC[C@H]2O)sc1-c1cnc(NC2(C)CCC2)cc1C(F)(F)F. The lowest BCUT2D eigenvalue weighted by Gasteiger charge is -2.39. The second-order valence-corrected chi connectivity index (χ2v) is 11.9. The van der Waals surface area contributed by atoms with Crippen molar-refractivity contribution in [3.05, 3.63) is 28.5 Å². The van der Waals surface area contributed by atoms with Crippen LogP contribution in [0.4, 0.5) is 27.8 Å². The first kappa shape index (κ1) is 28.6. The maximum Gasteiger partial charge on any atom is 0.417 e. The van der Waals surface area contributed by atoms with Crippen LogP contribution in [0.15, 0.2) is 12.3 Å². The molecule has 9 nitrogen and oxygen atoms in total. The Bertz CT molecular complexity index is 1310. The zero-order valence-electron chi connectivity index (χ0n) is 21.6. The second-order valence-electron chi connectivity index (χ2n) is 10.9. The van der Waals surface area contributed by atoms with E-state index < -0.39 is 71.9 Å². The average molecular weight is 590 g/mol. The summed E-state index contributed by atoms with van der Waals surface area (Å²) >= 11 is 0.517. The predicted molar refractivity (Wildman–Crippen MR) is 134 cm³/mol. The van der Waals surface area contributed by atoms with Gasteiger partial charge in [-0.05, 0) is 39.2 Å². The summed E-state index contributed by atoms with van der Waals surface area (Å²) < 4.78 is 76.3. The van der Waals surface area contributed by atoms with E-state index in [1.165, 1.54) is 6.92 Å². The number of aliphatic hydroxyl groups is 1. The average Bonchev–Trinajstić information content (AvgIpc) is 3.53. The van der Waals surface area contributed by atoms with Crippen molar-refractivity contribution in [1.29, 1.82) is 0 Å². The van der Waals surface area contributed by atoms with Crippen molar-refractivity contribution in [3.8, 4) is 10.4 Å². The standard InChI is InChI=1S/C25H28F5N5O4S/c1-12-7-24(26,27)11-35(12)22(38)18-19(40-21(33-18)20(37)32-15-9-39-10-16(15)36)13-8-31-17(6-14(13)25(28,29)30)34-23(2)4-3-5-23/h6,8,12,15-16,36H,3-5,7,9-11H2,1-2H3,(H,31,34)(H,32,37)/t12-,15+,16+/m0/s1. The van der Waals surface area contributed by atoms with Gasteiger partial charge in [-0.2, -0.15) is 13.2 Å². The summed E-state index contributed by atoms with van der Waals surface area (Å²) in [6, 6.07) is -0.858. The van der Waals surface area contributed by atoms with Gasteiger partial charge >= 0.3 is 6.18 Å². The van der Waals surface area contributed by atoms with Crippen LogP contribution in [0.5, 0.6) is 0 Å². The van der Waals surface area contributed by atoms with E-state index in [9.17, 15) is 36.6 Å². The first-order valence-electron chi connectivity index (χ1n) is 12.8. The summed E-state index contributed by atoms with van der Waals surface area (Å²) in [6.07, 6.45) is -3.07. The zero-order valence-corrected chi connectivity index (χ0v) is 22.5. The molecule has 3 atom stereocenters. The van der Waals surface area contributed by atoms with E-state index in [4.69, 9.17) is 4.74 Å². The van der Waals surface area contributed by atoms with Gasteiger partial charge < -0.3 is 25.4 Å². The summed E-state index contributed by atoms with van der Waals surface area (Å²) in [6.45, 7) is 2.35. The fourth-order valence-corrected chi connectivity index (χ4v) is 6.14. The molecular weight excluding hydrogens is 561 g/mol. The van der Waals surface area contributed by atoms with Gasteiger partial charge in [0.05, 0.1) is 42.3 Å². The Morgan fingerprint density at radius 1 is 1.25 bits per heavy atom. The summed E-state index contributed by atoms with van der Waals surface area (Å²) in [5, 5.41) is 15.1. The quantitative estimate of drug-likeness (QED) is 0.437. The minimum absolute atomic E-state index is 0.00309. The molecule has 15 heteroatoms. The van der Waals surface area contributed by atoms with Gasteiger partial charge in [0.15, 0.2) is 5.01 Å². The Morgan fingerprint density at radius 3 is 2.52 bits per heavy atom. The maximum atomic E-state index is 14.3. The van der Waals surface area contributed by atoms with Crippen LogP contribution >= 0.6 is 11.3 Å². The van der Waals surface area contributed by atoms with Crippen LogP contribution in [0.25, 0.3) is 10.4 Å². The van der Waals surface area contributed by atoms with E-state index in [0.717, 1.165) is 36.4 Å². The highest BCUT2D eigenvalue weighted by Crippen LogP contribution is 2.43. The summed E-state index contributed by atoms with van der Waals surface area (Å²) in [4.78, 5) is 35.2. The molecular formula is C25H28F5N5O4S. The zero-order chi connectivity index (χ0) is 29.0. The van der Waals surface area contributed by atoms with Crippen LogP contribution in [0.2, 0.25) is 0 Å². The number of hydrogen-bond donors (Lipinski definition) is 3. The highest BCUT2D eigenvalue weighted by molar-refractivity contribution is 7.17. The number of ether oxygens (including phenoxy) is 1. The number of carbonyl (C=O) groups excluding carboxylic acids is 2. The third-order valence-electron chi connectivity index (χ3n) is 7.52. The van der Waals surface area contributed by atoms with E-state index in [2.05, 4.69) is 20.6 Å². The monoisotopic (exact) mass is 589 g/mol. The smallest absolute Gasteiger partial charge is 0.388 e. The predicted octanol–water partition coefficient (Wildman–Crippen LogP) is 3.94. The molecule has 1 aliphatic carbocycles. The molecule has 0 unspecified atom stereocenters. The van der Waals surface area contributed by atoms with Gasteiger partial charge in [0.2, 0.25) is 0 Å². The number of halogens is 5. The van der Waals surface area contributed by atoms with Crippen molar-refractivity contribution < 1.29 is 41.4 Å². The highest BCUT2D eigenvalue weighted by atomic mass is 32.1. The fourth-order valence-electron chi connectivity index (χ4n) is 5.16. The number of thiazole rings is 1. The molecule has 2 aromatic rings. The number of rotatable bonds is 6. The van der Waals surface area contributed by atoms with Crippen molar-refractivity contribution in [2.45, 2.75) is 75.4 Å². The number of aliphatic hydroxyl groups excluding tert-OH is 1. The van der Waals surface area contributed by atoms with Gasteiger partial charge in [0.25, 0.3) is 17.7 Å². The highest BCUT2D eigenvalue weighted by Gasteiger charge is 2.47. The van der Waals surface area contributed by atoms with E-state index >= 15 is 0 Å². The van der Waals surface area contributed by atoms with E-state index in [1.54, 1.807) is 0 Å². The molecule has 0 radical (unpaired) electrons. The van der Waals surface area contributed by atoms with Gasteiger partial charge in [-0.15, -0.1) is 11.3 Å². The van der Waals surface area contributed by atoms with Gasteiger partial charge in [0, 0.05) is 29.8 Å². The number of likely N-dealkylation sites (tertiary alicyclic amines) is 1. The van der Waals surface area contributed by atoms with Crippen LogP contribution in [-0.4, -0.2) is 81.2 Å². The molecule has 40 heavy (non-hydrogen) atoms. The first-order valence-corrected chi connectivity index (χ1v) is 13.6. The van der Waals surface area contributed by atoms with Gasteiger partial charge in [-0.3, -0.25) is 9.59 Å². The van der Waals surface area contributed by atoms with E-state index in [1.807, 2.05) is 6.92 Å². The Kier molecular flexibility index (Phi) is 7.28. The Hall–Kier alpha value is -2.91. The number of nitrogens with zero attached hydrogens (tertiary/aromatic N) is 3. The number of nitrogens with one attached hydrogen (secondary N) is 2. The maximum absolute atomic E-state index is 14.3. The Morgan fingerprint density at radius 2 is 1.98 bits per heavy atom. The molecule has 0 spiro atoms. The molecule has 5 rings (SSSR count). The number of anilines is 1. The third kappa shape index (κ3) is 5.63. The second kappa shape index (κ2) is 10.2. The molecule has 218 valence electrons. The molecule has 2 amide bonds. The minimum Gasteiger partial charge on any atom is -0.388 e. The van der Waals surface area contributed by atoms with E-state index in [0.29, 0.717) is 11.3 Å². The molecule has 0 bridgehead atoms. The summed E-state index contributed by atoms with van der Waals surface area (Å²) in [7, 11) is 0. The Labute approximate surface area is 230 Å². The molecule has 0 aromatic carbocycles. The Balaban J connectivity index is 1.57. The van der Waals surface area contributed by atoms with E-state index in [-0.39, 0.29) is 34.5 Å². The number of hydrogen-bond acceptors (Lipinski definition) is 8. The van der Waals surface area contributed by atoms with Crippen LogP contribution in [0.1, 0.15) is 65.4 Å². The lowest BCUT2D eigenvalue weighted by molar-refractivity contribution is -0.137. The lowest BCUT2D eigenvalue weighted by Crippen LogP contribution is -2.42. The molecule has 3 fully saturated rings. The lowest BCUT2D eigenvalue weighted by atomic mass is 9.78. The normalized spacial score (nSPS) is 25.5. The van der Waals surface area contributed by atoms with Gasteiger partial charge in [-0.25, -0.2) is 18.7 Å². The molecule has 2 saturated heterocycles. The number of amides is 2. The first-order chi connectivity index (χ1) is 18.7. The summed E-state index contributed by atoms with van der Waals surface area (Å²) in [5.41, 5.74) is -2.56. The van der Waals surface area contributed by atoms with Gasteiger partial charge in [-0.1, -0.05) is 0 Å². The van der Waals surface area contributed by atoms with Crippen molar-refractivity contribution in [2.75, 3.05) is 25.1 Å². The molecule has 2 aliphatic heterocycles.